The Hall–Kier alpha value is -2.14. The van der Waals surface area contributed by atoms with Crippen molar-refractivity contribution in [3.63, 3.8) is 0 Å². The molecule has 0 saturated carbocycles. The number of benzene rings is 1. The molecule has 4 nitrogen and oxygen atoms in total. The van der Waals surface area contributed by atoms with Gasteiger partial charge in [0.25, 0.3) is 5.91 Å². The maximum Gasteiger partial charge on any atom is 0.264 e. The van der Waals surface area contributed by atoms with Gasteiger partial charge in [0.1, 0.15) is 6.04 Å². The standard InChI is InChI=1S/C18H20N2O2S/c1-13-6-2-3-7-14(13)12-19-17(21)15-8-4-10-20(15)18(22)16-9-5-11-23-16/h2-3,5-7,9,11,15H,4,8,10,12H2,1H3,(H,19,21)/t15-/m0/s1. The van der Waals surface area contributed by atoms with Gasteiger partial charge >= 0.3 is 0 Å². The molecule has 1 N–H and O–H groups in total. The number of thiophene rings is 1. The van der Waals surface area contributed by atoms with Crippen molar-refractivity contribution >= 4 is 23.2 Å². The highest BCUT2D eigenvalue weighted by Gasteiger charge is 2.34. The van der Waals surface area contributed by atoms with Crippen molar-refractivity contribution in [2.75, 3.05) is 6.54 Å². The normalized spacial score (nSPS) is 17.3. The van der Waals surface area contributed by atoms with Crippen molar-refractivity contribution in [3.8, 4) is 0 Å². The van der Waals surface area contributed by atoms with Gasteiger partial charge < -0.3 is 10.2 Å². The Kier molecular flexibility index (Phi) is 4.76. The van der Waals surface area contributed by atoms with Crippen molar-refractivity contribution < 1.29 is 9.59 Å². The first-order valence-corrected chi connectivity index (χ1v) is 8.71. The third-order valence-electron chi connectivity index (χ3n) is 4.26. The second kappa shape index (κ2) is 6.96. The van der Waals surface area contributed by atoms with E-state index in [9.17, 15) is 9.59 Å². The number of hydrogen-bond donors (Lipinski definition) is 1. The number of aryl methyl sites for hydroxylation is 1. The highest BCUT2D eigenvalue weighted by molar-refractivity contribution is 7.12. The average molecular weight is 328 g/mol. The van der Waals surface area contributed by atoms with Crippen LogP contribution in [-0.4, -0.2) is 29.3 Å². The number of nitrogens with one attached hydrogen (secondary N) is 1. The molecule has 1 atom stereocenters. The van der Waals surface area contributed by atoms with Crippen LogP contribution >= 0.6 is 11.3 Å². The number of amides is 2. The van der Waals surface area contributed by atoms with Gasteiger partial charge in [0.2, 0.25) is 5.91 Å². The Balaban J connectivity index is 1.64. The highest BCUT2D eigenvalue weighted by Crippen LogP contribution is 2.22. The van der Waals surface area contributed by atoms with E-state index in [0.29, 0.717) is 18.0 Å². The predicted octanol–water partition coefficient (Wildman–Crippen LogP) is 2.98. The van der Waals surface area contributed by atoms with Crippen LogP contribution in [0.25, 0.3) is 0 Å². The largest absolute Gasteiger partial charge is 0.350 e. The quantitative estimate of drug-likeness (QED) is 0.938. The summed E-state index contributed by atoms with van der Waals surface area (Å²) in [7, 11) is 0. The van der Waals surface area contributed by atoms with Crippen LogP contribution in [0.15, 0.2) is 41.8 Å². The van der Waals surface area contributed by atoms with E-state index < -0.39 is 0 Å². The zero-order valence-electron chi connectivity index (χ0n) is 13.1. The van der Waals surface area contributed by atoms with Crippen LogP contribution in [0.1, 0.15) is 33.6 Å². The summed E-state index contributed by atoms with van der Waals surface area (Å²) in [5.74, 6) is -0.0933. The van der Waals surface area contributed by atoms with E-state index in [1.54, 1.807) is 4.90 Å². The molecule has 0 bridgehead atoms. The van der Waals surface area contributed by atoms with Crippen molar-refractivity contribution in [1.29, 1.82) is 0 Å². The molecule has 1 aromatic carbocycles. The zero-order chi connectivity index (χ0) is 16.2. The van der Waals surface area contributed by atoms with Gasteiger partial charge in [0.05, 0.1) is 4.88 Å². The minimum Gasteiger partial charge on any atom is -0.350 e. The molecule has 0 aliphatic carbocycles. The molecule has 1 aliphatic rings. The number of nitrogens with zero attached hydrogens (tertiary/aromatic N) is 1. The lowest BCUT2D eigenvalue weighted by Gasteiger charge is -2.23. The van der Waals surface area contributed by atoms with Crippen molar-refractivity contribution in [2.45, 2.75) is 32.4 Å². The first kappa shape index (κ1) is 15.7. The maximum atomic E-state index is 12.5. The SMILES string of the molecule is Cc1ccccc1CNC(=O)[C@@H]1CCCN1C(=O)c1cccs1. The van der Waals surface area contributed by atoms with Crippen LogP contribution in [0.3, 0.4) is 0 Å². The van der Waals surface area contributed by atoms with E-state index in [2.05, 4.69) is 5.32 Å². The number of carbonyl (C=O) groups is 2. The average Bonchev–Trinajstić information content (AvgIpc) is 3.24. The van der Waals surface area contributed by atoms with E-state index >= 15 is 0 Å². The molecule has 2 amide bonds. The van der Waals surface area contributed by atoms with Gasteiger partial charge in [-0.25, -0.2) is 0 Å². The van der Waals surface area contributed by atoms with E-state index in [1.807, 2.05) is 48.7 Å². The third-order valence-corrected chi connectivity index (χ3v) is 5.12. The van der Waals surface area contributed by atoms with E-state index in [-0.39, 0.29) is 17.9 Å². The second-order valence-electron chi connectivity index (χ2n) is 5.78. The molecular formula is C18H20N2O2S. The maximum absolute atomic E-state index is 12.5. The molecule has 1 aromatic heterocycles. The smallest absolute Gasteiger partial charge is 0.264 e. The molecule has 1 saturated heterocycles. The fourth-order valence-electron chi connectivity index (χ4n) is 2.93. The fraction of sp³-hybridized carbons (Fsp3) is 0.333. The Labute approximate surface area is 140 Å². The van der Waals surface area contributed by atoms with Crippen LogP contribution in [0.5, 0.6) is 0 Å². The van der Waals surface area contributed by atoms with Crippen molar-refractivity contribution in [3.05, 3.63) is 57.8 Å². The lowest BCUT2D eigenvalue weighted by Crippen LogP contribution is -2.45. The van der Waals surface area contributed by atoms with Gasteiger partial charge in [-0.3, -0.25) is 9.59 Å². The van der Waals surface area contributed by atoms with Crippen LogP contribution in [0.2, 0.25) is 0 Å². The Bertz CT molecular complexity index is 697. The predicted molar refractivity (Wildman–Crippen MR) is 91.4 cm³/mol. The molecule has 120 valence electrons. The first-order chi connectivity index (χ1) is 11.2. The molecule has 0 radical (unpaired) electrons. The van der Waals surface area contributed by atoms with Gasteiger partial charge in [0, 0.05) is 13.1 Å². The topological polar surface area (TPSA) is 49.4 Å². The first-order valence-electron chi connectivity index (χ1n) is 7.83. The molecule has 0 spiro atoms. The van der Waals surface area contributed by atoms with E-state index in [1.165, 1.54) is 11.3 Å². The lowest BCUT2D eigenvalue weighted by molar-refractivity contribution is -0.125. The molecule has 3 rings (SSSR count). The van der Waals surface area contributed by atoms with E-state index in [4.69, 9.17) is 0 Å². The monoisotopic (exact) mass is 328 g/mol. The molecule has 2 heterocycles. The zero-order valence-corrected chi connectivity index (χ0v) is 13.9. The van der Waals surface area contributed by atoms with Crippen molar-refractivity contribution in [1.82, 2.24) is 10.2 Å². The van der Waals surface area contributed by atoms with Gasteiger partial charge in [-0.1, -0.05) is 30.3 Å². The molecular weight excluding hydrogens is 308 g/mol. The molecule has 1 aliphatic heterocycles. The van der Waals surface area contributed by atoms with Crippen LogP contribution in [0, 0.1) is 6.92 Å². The summed E-state index contributed by atoms with van der Waals surface area (Å²) in [6.07, 6.45) is 1.61. The molecule has 0 unspecified atom stereocenters. The van der Waals surface area contributed by atoms with Crippen LogP contribution < -0.4 is 5.32 Å². The van der Waals surface area contributed by atoms with Gasteiger partial charge in [-0.05, 0) is 42.3 Å². The summed E-state index contributed by atoms with van der Waals surface area (Å²) in [5, 5.41) is 4.87. The summed E-state index contributed by atoms with van der Waals surface area (Å²) < 4.78 is 0. The number of hydrogen-bond acceptors (Lipinski definition) is 3. The summed E-state index contributed by atoms with van der Waals surface area (Å²) in [6.45, 7) is 3.19. The Morgan fingerprint density at radius 3 is 2.83 bits per heavy atom. The number of rotatable bonds is 4. The summed E-state index contributed by atoms with van der Waals surface area (Å²) in [5.41, 5.74) is 2.26. The van der Waals surface area contributed by atoms with Crippen LogP contribution in [0.4, 0.5) is 0 Å². The lowest BCUT2D eigenvalue weighted by atomic mass is 10.1. The molecule has 23 heavy (non-hydrogen) atoms. The summed E-state index contributed by atoms with van der Waals surface area (Å²) >= 11 is 1.42. The molecule has 1 fully saturated rings. The third kappa shape index (κ3) is 3.45. The number of likely N-dealkylation sites (tertiary alicyclic amines) is 1. The summed E-state index contributed by atoms with van der Waals surface area (Å²) in [4.78, 5) is 27.4. The number of carbonyl (C=O) groups excluding carboxylic acids is 2. The van der Waals surface area contributed by atoms with Gasteiger partial charge in [-0.2, -0.15) is 0 Å². The Morgan fingerprint density at radius 2 is 2.09 bits per heavy atom. The van der Waals surface area contributed by atoms with Gasteiger partial charge in [0.15, 0.2) is 0 Å². The highest BCUT2D eigenvalue weighted by atomic mass is 32.1. The molecule has 5 heteroatoms. The minimum absolute atomic E-state index is 0.0338. The Morgan fingerprint density at radius 1 is 1.26 bits per heavy atom. The minimum atomic E-state index is -0.353. The van der Waals surface area contributed by atoms with E-state index in [0.717, 1.165) is 24.0 Å². The van der Waals surface area contributed by atoms with Crippen LogP contribution in [-0.2, 0) is 11.3 Å². The van der Waals surface area contributed by atoms with Gasteiger partial charge in [-0.15, -0.1) is 11.3 Å². The second-order valence-corrected chi connectivity index (χ2v) is 6.73. The summed E-state index contributed by atoms with van der Waals surface area (Å²) in [6, 6.07) is 11.3. The fourth-order valence-corrected chi connectivity index (χ4v) is 3.61. The molecule has 2 aromatic rings. The van der Waals surface area contributed by atoms with Crippen molar-refractivity contribution in [2.24, 2.45) is 0 Å².